The number of aliphatic hydroxyl groups is 4. The van der Waals surface area contributed by atoms with Gasteiger partial charge >= 0.3 is 0 Å². The van der Waals surface area contributed by atoms with E-state index in [4.69, 9.17) is 0 Å². The van der Waals surface area contributed by atoms with Gasteiger partial charge in [-0.3, -0.25) is 9.59 Å². The Labute approximate surface area is 191 Å². The molecule has 2 saturated carbocycles. The lowest BCUT2D eigenvalue weighted by Crippen LogP contribution is -2.56. The molecule has 1 heterocycles. The predicted molar refractivity (Wildman–Crippen MR) is 117 cm³/mol. The van der Waals surface area contributed by atoms with Gasteiger partial charge < -0.3 is 30.7 Å². The zero-order valence-electron chi connectivity index (χ0n) is 18.8. The van der Waals surface area contributed by atoms with Crippen molar-refractivity contribution in [3.05, 3.63) is 39.8 Å². The van der Waals surface area contributed by atoms with Crippen LogP contribution in [0.2, 0.25) is 0 Å². The lowest BCUT2D eigenvalue weighted by Gasteiger charge is -2.43. The first-order valence-corrected chi connectivity index (χ1v) is 11.6. The van der Waals surface area contributed by atoms with Gasteiger partial charge in [0.05, 0.1) is 12.3 Å². The second kappa shape index (κ2) is 8.54. The SMILES string of the molecule is C[C@@H]1CC[C@H]2[C@@H](C(=O)c3c(O)c([C@@]4(O)CC[C@@H](O)[C@@H](O)[C@H]4O)cn(O)c3=O)[C@H](C)C=C[C@@H]2C1. The third-order valence-electron chi connectivity index (χ3n) is 8.12. The van der Waals surface area contributed by atoms with Crippen molar-refractivity contribution in [2.45, 2.75) is 69.9 Å². The minimum atomic E-state index is -2.28. The fourth-order valence-corrected chi connectivity index (χ4v) is 6.15. The maximum Gasteiger partial charge on any atom is 0.297 e. The van der Waals surface area contributed by atoms with Crippen LogP contribution in [0, 0.1) is 29.6 Å². The molecule has 182 valence electrons. The van der Waals surface area contributed by atoms with E-state index in [1.54, 1.807) is 0 Å². The molecule has 0 unspecified atom stereocenters. The molecule has 0 spiro atoms. The Morgan fingerprint density at radius 1 is 1.12 bits per heavy atom. The highest BCUT2D eigenvalue weighted by molar-refractivity contribution is 6.01. The van der Waals surface area contributed by atoms with Gasteiger partial charge in [-0.2, -0.15) is 4.73 Å². The zero-order chi connectivity index (χ0) is 24.2. The van der Waals surface area contributed by atoms with Crippen molar-refractivity contribution in [2.75, 3.05) is 0 Å². The predicted octanol–water partition coefficient (Wildman–Crippen LogP) is 0.913. The molecule has 3 aliphatic carbocycles. The van der Waals surface area contributed by atoms with E-state index in [1.165, 1.54) is 0 Å². The van der Waals surface area contributed by atoms with Crippen molar-refractivity contribution in [2.24, 2.45) is 29.6 Å². The van der Waals surface area contributed by atoms with Crippen molar-refractivity contribution < 1.29 is 35.5 Å². The van der Waals surface area contributed by atoms with Crippen LogP contribution < -0.4 is 5.56 Å². The largest absolute Gasteiger partial charge is 0.507 e. The number of pyridine rings is 1. The van der Waals surface area contributed by atoms with Crippen molar-refractivity contribution in [1.29, 1.82) is 0 Å². The van der Waals surface area contributed by atoms with Crippen molar-refractivity contribution in [3.8, 4) is 5.75 Å². The minimum Gasteiger partial charge on any atom is -0.507 e. The van der Waals surface area contributed by atoms with Gasteiger partial charge in [0.15, 0.2) is 5.78 Å². The minimum absolute atomic E-state index is 0.0105. The summed E-state index contributed by atoms with van der Waals surface area (Å²) in [5.41, 5.74) is -4.48. The Morgan fingerprint density at radius 2 is 1.82 bits per heavy atom. The first-order valence-electron chi connectivity index (χ1n) is 11.6. The molecule has 0 amide bonds. The van der Waals surface area contributed by atoms with Gasteiger partial charge in [-0.15, -0.1) is 0 Å². The molecule has 1 aromatic rings. The number of rotatable bonds is 3. The topological polar surface area (TPSA) is 160 Å². The second-order valence-electron chi connectivity index (χ2n) is 10.3. The lowest BCUT2D eigenvalue weighted by molar-refractivity contribution is -0.191. The van der Waals surface area contributed by atoms with E-state index in [0.29, 0.717) is 5.92 Å². The molecule has 0 aliphatic heterocycles. The molecule has 6 N–H and O–H groups in total. The molecule has 0 bridgehead atoms. The van der Waals surface area contributed by atoms with Crippen LogP contribution in [0.15, 0.2) is 23.1 Å². The second-order valence-corrected chi connectivity index (χ2v) is 10.3. The number of allylic oxidation sites excluding steroid dienone is 2. The Bertz CT molecular complexity index is 1020. The van der Waals surface area contributed by atoms with E-state index in [9.17, 15) is 40.3 Å². The van der Waals surface area contributed by atoms with Crippen molar-refractivity contribution >= 4 is 5.78 Å². The number of aliphatic hydroxyl groups excluding tert-OH is 3. The van der Waals surface area contributed by atoms with Crippen LogP contribution in [0.25, 0.3) is 0 Å². The number of aromatic nitrogens is 1. The number of hydrogen-bond acceptors (Lipinski definition) is 8. The molecular weight excluding hydrogens is 430 g/mol. The average Bonchev–Trinajstić information content (AvgIpc) is 2.77. The maximum atomic E-state index is 13.7. The molecular formula is C24H33NO8. The number of nitrogens with zero attached hydrogens (tertiary/aromatic N) is 1. The van der Waals surface area contributed by atoms with Gasteiger partial charge in [-0.25, -0.2) is 0 Å². The van der Waals surface area contributed by atoms with Crippen LogP contribution in [-0.4, -0.2) is 59.6 Å². The van der Waals surface area contributed by atoms with Gasteiger partial charge in [0, 0.05) is 11.5 Å². The van der Waals surface area contributed by atoms with E-state index in [-0.39, 0.29) is 35.3 Å². The lowest BCUT2D eigenvalue weighted by atomic mass is 9.61. The molecule has 1 aromatic heterocycles. The molecule has 9 atom stereocenters. The smallest absolute Gasteiger partial charge is 0.297 e. The average molecular weight is 464 g/mol. The van der Waals surface area contributed by atoms with Crippen molar-refractivity contribution in [3.63, 3.8) is 0 Å². The molecule has 9 nitrogen and oxygen atoms in total. The highest BCUT2D eigenvalue weighted by Crippen LogP contribution is 2.47. The third-order valence-corrected chi connectivity index (χ3v) is 8.12. The molecule has 2 fully saturated rings. The van der Waals surface area contributed by atoms with Crippen LogP contribution in [0.1, 0.15) is 61.9 Å². The number of aromatic hydroxyl groups is 1. The summed E-state index contributed by atoms with van der Waals surface area (Å²) in [7, 11) is 0. The van der Waals surface area contributed by atoms with E-state index in [0.717, 1.165) is 25.5 Å². The molecule has 0 saturated heterocycles. The summed E-state index contributed by atoms with van der Waals surface area (Å²) in [5.74, 6) is -1.51. The summed E-state index contributed by atoms with van der Waals surface area (Å²) >= 11 is 0. The first-order chi connectivity index (χ1) is 15.5. The number of carbonyl (C=O) groups excluding carboxylic acids is 1. The van der Waals surface area contributed by atoms with E-state index in [2.05, 4.69) is 13.0 Å². The van der Waals surface area contributed by atoms with Gasteiger partial charge in [-0.1, -0.05) is 32.4 Å². The summed E-state index contributed by atoms with van der Waals surface area (Å²) in [6.07, 6.45) is 2.24. The zero-order valence-corrected chi connectivity index (χ0v) is 18.8. The number of hydrogen-bond donors (Lipinski definition) is 6. The van der Waals surface area contributed by atoms with Crippen LogP contribution in [-0.2, 0) is 5.60 Å². The van der Waals surface area contributed by atoms with Crippen LogP contribution in [0.4, 0.5) is 0 Å². The van der Waals surface area contributed by atoms with Gasteiger partial charge in [0.2, 0.25) is 0 Å². The summed E-state index contributed by atoms with van der Waals surface area (Å²) in [6.45, 7) is 4.04. The highest BCUT2D eigenvalue weighted by atomic mass is 16.5. The molecule has 0 aromatic carbocycles. The summed E-state index contributed by atoms with van der Waals surface area (Å²) in [6, 6.07) is 0. The fourth-order valence-electron chi connectivity index (χ4n) is 6.15. The van der Waals surface area contributed by atoms with Crippen LogP contribution in [0.5, 0.6) is 5.75 Å². The highest BCUT2D eigenvalue weighted by Gasteiger charge is 2.51. The quantitative estimate of drug-likeness (QED) is 0.219. The van der Waals surface area contributed by atoms with Crippen LogP contribution in [0.3, 0.4) is 0 Å². The molecule has 0 radical (unpaired) electrons. The Kier molecular flexibility index (Phi) is 6.20. The molecule has 33 heavy (non-hydrogen) atoms. The first kappa shape index (κ1) is 23.9. The van der Waals surface area contributed by atoms with E-state index < -0.39 is 58.0 Å². The number of fused-ring (bicyclic) bond motifs is 1. The number of ketones is 1. The Hall–Kier alpha value is -2.20. The Morgan fingerprint density at radius 3 is 2.52 bits per heavy atom. The molecule has 9 heteroatoms. The fraction of sp³-hybridized carbons (Fsp3) is 0.667. The van der Waals surface area contributed by atoms with Crippen molar-refractivity contribution in [1.82, 2.24) is 4.73 Å². The monoisotopic (exact) mass is 463 g/mol. The summed E-state index contributed by atoms with van der Waals surface area (Å²) < 4.78 is 0.119. The van der Waals surface area contributed by atoms with Gasteiger partial charge in [-0.05, 0) is 49.4 Å². The van der Waals surface area contributed by atoms with Gasteiger partial charge in [0.1, 0.15) is 29.1 Å². The van der Waals surface area contributed by atoms with E-state index >= 15 is 0 Å². The number of Topliss-reactive ketones (excluding diaryl/α,β-unsaturated/α-hetero) is 1. The molecule has 3 aliphatic rings. The standard InChI is InChI=1S/C24H33NO8/c1-11-3-6-14-13(9-11)5-4-12(2)17(14)21(29)18-19(27)15(10-25(33)23(18)31)24(32)8-7-16(26)20(28)22(24)30/h4-5,10-14,16-17,20,22,26-28,30,32-33H,3,6-9H2,1-2H3/t11-,12-,13-,14-,16-,17+,20-,22-,24+/m1/s1. The van der Waals surface area contributed by atoms with E-state index in [1.807, 2.05) is 13.0 Å². The van der Waals surface area contributed by atoms with Crippen LogP contribution >= 0.6 is 0 Å². The molecule has 4 rings (SSSR count). The summed E-state index contributed by atoms with van der Waals surface area (Å²) in [4.78, 5) is 26.5. The Balaban J connectivity index is 1.79. The number of carbonyl (C=O) groups is 1. The van der Waals surface area contributed by atoms with Gasteiger partial charge in [0.25, 0.3) is 5.56 Å². The third kappa shape index (κ3) is 3.80. The normalized spacial score (nSPS) is 40.9. The maximum absolute atomic E-state index is 13.7. The summed E-state index contributed by atoms with van der Waals surface area (Å²) in [5, 5.41) is 62.8.